The normalized spacial score (nSPS) is 10.5. The van der Waals surface area contributed by atoms with E-state index in [-0.39, 0.29) is 18.8 Å². The molecule has 5 heteroatoms. The van der Waals surface area contributed by atoms with Gasteiger partial charge in [0.1, 0.15) is 12.2 Å². The van der Waals surface area contributed by atoms with Gasteiger partial charge in [-0.2, -0.15) is 0 Å². The van der Waals surface area contributed by atoms with Gasteiger partial charge >= 0.3 is 12.1 Å². The molecule has 0 spiro atoms. The van der Waals surface area contributed by atoms with E-state index in [9.17, 15) is 9.59 Å². The Morgan fingerprint density at radius 1 is 1.19 bits per heavy atom. The molecule has 0 bridgehead atoms. The molecule has 0 rings (SSSR count). The molecule has 0 saturated heterocycles. The van der Waals surface area contributed by atoms with Gasteiger partial charge in [0.15, 0.2) is 0 Å². The van der Waals surface area contributed by atoms with Crippen LogP contribution in [0.2, 0.25) is 0 Å². The molecule has 0 heterocycles. The summed E-state index contributed by atoms with van der Waals surface area (Å²) < 4.78 is 14.2. The Morgan fingerprint density at radius 3 is 2.19 bits per heavy atom. The highest BCUT2D eigenvalue weighted by molar-refractivity contribution is 5.88. The maximum Gasteiger partial charge on any atom is 0.509 e. The summed E-state index contributed by atoms with van der Waals surface area (Å²) in [6.07, 6.45) is -0.835. The van der Waals surface area contributed by atoms with Crippen LogP contribution in [0.5, 0.6) is 0 Å². The van der Waals surface area contributed by atoms with Crippen molar-refractivity contribution < 1.29 is 23.8 Å². The molecule has 92 valence electrons. The first-order valence-electron chi connectivity index (χ1n) is 4.97. The van der Waals surface area contributed by atoms with E-state index in [4.69, 9.17) is 4.74 Å². The molecule has 0 unspecified atom stereocenters. The summed E-state index contributed by atoms with van der Waals surface area (Å²) in [7, 11) is 0. The SMILES string of the molecule is C=C(COC(=O)OC(C)(C)C)C(=O)OCC. The van der Waals surface area contributed by atoms with E-state index in [0.717, 1.165) is 0 Å². The first kappa shape index (κ1) is 14.5. The molecule has 0 N–H and O–H groups in total. The Kier molecular flexibility index (Phi) is 5.56. The van der Waals surface area contributed by atoms with Gasteiger partial charge in [-0.1, -0.05) is 6.58 Å². The highest BCUT2D eigenvalue weighted by Gasteiger charge is 2.18. The molecule has 0 fully saturated rings. The molecule has 0 radical (unpaired) electrons. The summed E-state index contributed by atoms with van der Waals surface area (Å²) in [4.78, 5) is 22.2. The van der Waals surface area contributed by atoms with Crippen LogP contribution in [0.4, 0.5) is 4.79 Å². The predicted octanol–water partition coefficient (Wildman–Crippen LogP) is 2.06. The minimum atomic E-state index is -0.835. The molecular formula is C11H18O5. The lowest BCUT2D eigenvalue weighted by molar-refractivity contribution is -0.139. The Morgan fingerprint density at radius 2 is 1.75 bits per heavy atom. The number of carbonyl (C=O) groups is 2. The van der Waals surface area contributed by atoms with Crippen molar-refractivity contribution in [2.45, 2.75) is 33.3 Å². The van der Waals surface area contributed by atoms with Gasteiger partial charge < -0.3 is 14.2 Å². The largest absolute Gasteiger partial charge is 0.509 e. The summed E-state index contributed by atoms with van der Waals surface area (Å²) in [5.74, 6) is -0.578. The molecule has 0 aliphatic heterocycles. The smallest absolute Gasteiger partial charge is 0.463 e. The molecule has 0 saturated carbocycles. The van der Waals surface area contributed by atoms with Crippen LogP contribution in [0.1, 0.15) is 27.7 Å². The van der Waals surface area contributed by atoms with Gasteiger partial charge in [0.2, 0.25) is 0 Å². The molecular weight excluding hydrogens is 212 g/mol. The van der Waals surface area contributed by atoms with Crippen LogP contribution in [0.3, 0.4) is 0 Å². The lowest BCUT2D eigenvalue weighted by Crippen LogP contribution is -2.25. The standard InChI is InChI=1S/C11H18O5/c1-6-14-9(12)8(2)7-15-10(13)16-11(3,4)5/h2,6-7H2,1,3-5H3. The summed E-state index contributed by atoms with van der Waals surface area (Å²) in [5, 5.41) is 0. The maximum absolute atomic E-state index is 11.1. The van der Waals surface area contributed by atoms with Crippen molar-refractivity contribution in [3.63, 3.8) is 0 Å². The lowest BCUT2D eigenvalue weighted by Gasteiger charge is -2.18. The zero-order chi connectivity index (χ0) is 12.8. The van der Waals surface area contributed by atoms with E-state index in [2.05, 4.69) is 16.1 Å². The van der Waals surface area contributed by atoms with Crippen LogP contribution in [0.15, 0.2) is 12.2 Å². The number of rotatable bonds is 4. The third kappa shape index (κ3) is 6.86. The van der Waals surface area contributed by atoms with Gasteiger partial charge in [0.25, 0.3) is 0 Å². The van der Waals surface area contributed by atoms with E-state index in [1.165, 1.54) is 0 Å². The van der Waals surface area contributed by atoms with Gasteiger partial charge in [-0.25, -0.2) is 9.59 Å². The van der Waals surface area contributed by atoms with Crippen molar-refractivity contribution in [2.75, 3.05) is 13.2 Å². The molecule has 0 aliphatic rings. The summed E-state index contributed by atoms with van der Waals surface area (Å²) in [6, 6.07) is 0. The minimum Gasteiger partial charge on any atom is -0.463 e. The summed E-state index contributed by atoms with van der Waals surface area (Å²) in [6.45, 7) is 10.3. The van der Waals surface area contributed by atoms with Gasteiger partial charge in [-0.05, 0) is 27.7 Å². The van der Waals surface area contributed by atoms with Crippen LogP contribution in [0, 0.1) is 0 Å². The van der Waals surface area contributed by atoms with E-state index in [0.29, 0.717) is 0 Å². The Hall–Kier alpha value is -1.52. The summed E-state index contributed by atoms with van der Waals surface area (Å²) in [5.41, 5.74) is -0.546. The van der Waals surface area contributed by atoms with E-state index in [1.54, 1.807) is 27.7 Å². The number of ether oxygens (including phenoxy) is 3. The second kappa shape index (κ2) is 6.15. The second-order valence-corrected chi connectivity index (χ2v) is 4.08. The number of carbonyl (C=O) groups excluding carboxylic acids is 2. The third-order valence-corrected chi connectivity index (χ3v) is 1.32. The molecule has 0 amide bonds. The first-order valence-corrected chi connectivity index (χ1v) is 4.97. The van der Waals surface area contributed by atoms with Crippen molar-refractivity contribution in [2.24, 2.45) is 0 Å². The zero-order valence-electron chi connectivity index (χ0n) is 10.2. The maximum atomic E-state index is 11.1. The fourth-order valence-corrected chi connectivity index (χ4v) is 0.718. The monoisotopic (exact) mass is 230 g/mol. The molecule has 0 aliphatic carbocycles. The van der Waals surface area contributed by atoms with Crippen molar-refractivity contribution in [3.05, 3.63) is 12.2 Å². The molecule has 16 heavy (non-hydrogen) atoms. The average molecular weight is 230 g/mol. The highest BCUT2D eigenvalue weighted by atomic mass is 16.7. The fraction of sp³-hybridized carbons (Fsp3) is 0.636. The molecule has 0 aromatic carbocycles. The molecule has 0 aromatic heterocycles. The van der Waals surface area contributed by atoms with Crippen LogP contribution in [0.25, 0.3) is 0 Å². The zero-order valence-corrected chi connectivity index (χ0v) is 10.2. The number of hydrogen-bond donors (Lipinski definition) is 0. The van der Waals surface area contributed by atoms with E-state index < -0.39 is 17.7 Å². The Bertz CT molecular complexity index is 275. The van der Waals surface area contributed by atoms with Crippen molar-refractivity contribution in [1.29, 1.82) is 0 Å². The van der Waals surface area contributed by atoms with E-state index in [1.807, 2.05) is 0 Å². The van der Waals surface area contributed by atoms with Gasteiger partial charge in [0, 0.05) is 0 Å². The van der Waals surface area contributed by atoms with Gasteiger partial charge in [0.05, 0.1) is 12.2 Å². The second-order valence-electron chi connectivity index (χ2n) is 4.08. The molecule has 0 aromatic rings. The van der Waals surface area contributed by atoms with E-state index >= 15 is 0 Å². The van der Waals surface area contributed by atoms with Gasteiger partial charge in [-0.3, -0.25) is 0 Å². The topological polar surface area (TPSA) is 61.8 Å². The predicted molar refractivity (Wildman–Crippen MR) is 58.0 cm³/mol. The van der Waals surface area contributed by atoms with Crippen LogP contribution in [-0.4, -0.2) is 30.9 Å². The Balaban J connectivity index is 3.93. The van der Waals surface area contributed by atoms with Crippen LogP contribution >= 0.6 is 0 Å². The third-order valence-electron chi connectivity index (χ3n) is 1.32. The minimum absolute atomic E-state index is 0.0766. The Labute approximate surface area is 95.4 Å². The summed E-state index contributed by atoms with van der Waals surface area (Å²) >= 11 is 0. The van der Waals surface area contributed by atoms with Crippen molar-refractivity contribution >= 4 is 12.1 Å². The first-order chi connectivity index (χ1) is 7.26. The highest BCUT2D eigenvalue weighted by Crippen LogP contribution is 2.08. The molecule has 0 atom stereocenters. The van der Waals surface area contributed by atoms with Gasteiger partial charge in [-0.15, -0.1) is 0 Å². The quantitative estimate of drug-likeness (QED) is 0.546. The average Bonchev–Trinajstić information content (AvgIpc) is 2.11. The lowest BCUT2D eigenvalue weighted by atomic mass is 10.2. The number of esters is 1. The van der Waals surface area contributed by atoms with Crippen molar-refractivity contribution in [1.82, 2.24) is 0 Å². The molecule has 5 nitrogen and oxygen atoms in total. The fourth-order valence-electron chi connectivity index (χ4n) is 0.718. The van der Waals surface area contributed by atoms with Crippen LogP contribution in [-0.2, 0) is 19.0 Å². The number of hydrogen-bond acceptors (Lipinski definition) is 5. The van der Waals surface area contributed by atoms with Crippen LogP contribution < -0.4 is 0 Å². The van der Waals surface area contributed by atoms with Crippen molar-refractivity contribution in [3.8, 4) is 0 Å².